The Bertz CT molecular complexity index is 501. The Balaban J connectivity index is 2.07. The van der Waals surface area contributed by atoms with Crippen LogP contribution < -0.4 is 5.73 Å². The van der Waals surface area contributed by atoms with Crippen molar-refractivity contribution in [2.45, 2.75) is 18.6 Å². The van der Waals surface area contributed by atoms with Gasteiger partial charge in [-0.15, -0.1) is 0 Å². The predicted molar refractivity (Wildman–Crippen MR) is 77.2 cm³/mol. The van der Waals surface area contributed by atoms with E-state index in [2.05, 4.69) is 15.9 Å². The van der Waals surface area contributed by atoms with E-state index in [1.807, 2.05) is 54.6 Å². The number of hydrogen-bond donors (Lipinski definition) is 2. The summed E-state index contributed by atoms with van der Waals surface area (Å²) in [6.07, 6.45) is -0.0178. The number of halogens is 1. The quantitative estimate of drug-likeness (QED) is 0.912. The number of rotatable bonds is 4. The summed E-state index contributed by atoms with van der Waals surface area (Å²) in [5, 5.41) is 10.2. The standard InChI is InChI=1S/C15H16BrNO/c16-13-8-4-7-12(10-13)15(17)14(18)9-11-5-2-1-3-6-11/h1-8,10,14-15,18H,9,17H2/t14-,15+/m1/s1. The lowest BCUT2D eigenvalue weighted by Crippen LogP contribution is -2.28. The predicted octanol–water partition coefficient (Wildman–Crippen LogP) is 3.05. The molecule has 0 aromatic heterocycles. The monoisotopic (exact) mass is 305 g/mol. The first-order chi connectivity index (χ1) is 8.66. The van der Waals surface area contributed by atoms with Gasteiger partial charge in [0.1, 0.15) is 0 Å². The van der Waals surface area contributed by atoms with Gasteiger partial charge in [-0.1, -0.05) is 58.4 Å². The zero-order chi connectivity index (χ0) is 13.0. The lowest BCUT2D eigenvalue weighted by Gasteiger charge is -2.19. The number of nitrogens with two attached hydrogens (primary N) is 1. The Morgan fingerprint density at radius 1 is 1.06 bits per heavy atom. The molecular weight excluding hydrogens is 290 g/mol. The fraction of sp³-hybridized carbons (Fsp3) is 0.200. The smallest absolute Gasteiger partial charge is 0.0773 e. The highest BCUT2D eigenvalue weighted by atomic mass is 79.9. The van der Waals surface area contributed by atoms with E-state index in [-0.39, 0.29) is 6.04 Å². The van der Waals surface area contributed by atoms with Crippen molar-refractivity contribution in [3.05, 3.63) is 70.2 Å². The number of aliphatic hydroxyl groups is 1. The normalized spacial score (nSPS) is 14.2. The van der Waals surface area contributed by atoms with Crippen LogP contribution in [0.15, 0.2) is 59.1 Å². The molecule has 0 bridgehead atoms. The molecule has 2 nitrogen and oxygen atoms in total. The SMILES string of the molecule is N[C@@H](c1cccc(Br)c1)[C@H](O)Cc1ccccc1. The molecule has 3 heteroatoms. The maximum Gasteiger partial charge on any atom is 0.0773 e. The van der Waals surface area contributed by atoms with E-state index >= 15 is 0 Å². The third-order valence-electron chi connectivity index (χ3n) is 2.94. The van der Waals surface area contributed by atoms with E-state index in [1.54, 1.807) is 0 Å². The van der Waals surface area contributed by atoms with Crippen LogP contribution in [0.2, 0.25) is 0 Å². The largest absolute Gasteiger partial charge is 0.391 e. The molecule has 2 rings (SSSR count). The highest BCUT2D eigenvalue weighted by molar-refractivity contribution is 9.10. The molecule has 0 aliphatic rings. The molecule has 3 N–H and O–H groups in total. The van der Waals surface area contributed by atoms with Crippen LogP contribution in [0.1, 0.15) is 17.2 Å². The third-order valence-corrected chi connectivity index (χ3v) is 3.43. The summed E-state index contributed by atoms with van der Waals surface area (Å²) in [4.78, 5) is 0. The minimum absolute atomic E-state index is 0.372. The van der Waals surface area contributed by atoms with Crippen molar-refractivity contribution in [3.8, 4) is 0 Å². The maximum absolute atomic E-state index is 10.2. The Labute approximate surface area is 116 Å². The van der Waals surface area contributed by atoms with Gasteiger partial charge in [-0.2, -0.15) is 0 Å². The summed E-state index contributed by atoms with van der Waals surface area (Å²) in [7, 11) is 0. The Morgan fingerprint density at radius 3 is 2.44 bits per heavy atom. The van der Waals surface area contributed by atoms with Gasteiger partial charge in [0, 0.05) is 10.9 Å². The molecule has 2 aromatic rings. The average molecular weight is 306 g/mol. The average Bonchev–Trinajstić information content (AvgIpc) is 2.39. The molecule has 0 radical (unpaired) electrons. The van der Waals surface area contributed by atoms with E-state index in [0.717, 1.165) is 15.6 Å². The topological polar surface area (TPSA) is 46.2 Å². The lowest BCUT2D eigenvalue weighted by atomic mass is 9.97. The fourth-order valence-electron chi connectivity index (χ4n) is 1.92. The first kappa shape index (κ1) is 13.3. The zero-order valence-electron chi connectivity index (χ0n) is 9.96. The van der Waals surface area contributed by atoms with Crippen LogP contribution in [0.25, 0.3) is 0 Å². The van der Waals surface area contributed by atoms with Gasteiger partial charge >= 0.3 is 0 Å². The minimum Gasteiger partial charge on any atom is -0.391 e. The summed E-state index contributed by atoms with van der Waals surface area (Å²) in [5.41, 5.74) is 8.12. The second-order valence-electron chi connectivity index (χ2n) is 4.34. The fourth-order valence-corrected chi connectivity index (χ4v) is 2.34. The second kappa shape index (κ2) is 6.14. The third kappa shape index (κ3) is 3.42. The zero-order valence-corrected chi connectivity index (χ0v) is 11.5. The summed E-state index contributed by atoms with van der Waals surface area (Å²) in [6.45, 7) is 0. The van der Waals surface area contributed by atoms with Gasteiger partial charge in [0.25, 0.3) is 0 Å². The summed E-state index contributed by atoms with van der Waals surface area (Å²) in [5.74, 6) is 0. The number of hydrogen-bond acceptors (Lipinski definition) is 2. The second-order valence-corrected chi connectivity index (χ2v) is 5.25. The van der Waals surface area contributed by atoms with Gasteiger partial charge in [0.2, 0.25) is 0 Å². The van der Waals surface area contributed by atoms with Crippen molar-refractivity contribution in [2.75, 3.05) is 0 Å². The van der Waals surface area contributed by atoms with Gasteiger partial charge < -0.3 is 10.8 Å². The molecule has 0 heterocycles. The molecule has 0 saturated heterocycles. The Kier molecular flexibility index (Phi) is 4.53. The van der Waals surface area contributed by atoms with Crippen LogP contribution in [0.4, 0.5) is 0 Å². The van der Waals surface area contributed by atoms with Crippen LogP contribution >= 0.6 is 15.9 Å². The van der Waals surface area contributed by atoms with Crippen molar-refractivity contribution in [2.24, 2.45) is 5.73 Å². The van der Waals surface area contributed by atoms with Gasteiger partial charge in [0.15, 0.2) is 0 Å². The first-order valence-corrected chi connectivity index (χ1v) is 6.69. The molecule has 0 amide bonds. The van der Waals surface area contributed by atoms with Crippen LogP contribution in [-0.4, -0.2) is 11.2 Å². The Morgan fingerprint density at radius 2 is 1.78 bits per heavy atom. The van der Waals surface area contributed by atoms with E-state index in [9.17, 15) is 5.11 Å². The van der Waals surface area contributed by atoms with Crippen LogP contribution in [-0.2, 0) is 6.42 Å². The van der Waals surface area contributed by atoms with Gasteiger partial charge in [0.05, 0.1) is 12.1 Å². The summed E-state index contributed by atoms with van der Waals surface area (Å²) in [6, 6.07) is 17.3. The molecule has 18 heavy (non-hydrogen) atoms. The van der Waals surface area contributed by atoms with Crippen molar-refractivity contribution in [1.82, 2.24) is 0 Å². The number of aliphatic hydroxyl groups excluding tert-OH is 1. The van der Waals surface area contributed by atoms with Gasteiger partial charge in [-0.25, -0.2) is 0 Å². The van der Waals surface area contributed by atoms with Crippen molar-refractivity contribution >= 4 is 15.9 Å². The molecule has 0 saturated carbocycles. The molecular formula is C15H16BrNO. The van der Waals surface area contributed by atoms with Gasteiger partial charge in [-0.3, -0.25) is 0 Å². The van der Waals surface area contributed by atoms with Crippen LogP contribution in [0, 0.1) is 0 Å². The molecule has 0 unspecified atom stereocenters. The maximum atomic E-state index is 10.2. The molecule has 0 spiro atoms. The number of benzene rings is 2. The van der Waals surface area contributed by atoms with Crippen molar-refractivity contribution in [1.29, 1.82) is 0 Å². The molecule has 94 valence electrons. The van der Waals surface area contributed by atoms with Crippen molar-refractivity contribution < 1.29 is 5.11 Å². The molecule has 0 fully saturated rings. The summed E-state index contributed by atoms with van der Waals surface area (Å²) >= 11 is 3.41. The summed E-state index contributed by atoms with van der Waals surface area (Å²) < 4.78 is 0.974. The van der Waals surface area contributed by atoms with E-state index < -0.39 is 6.10 Å². The lowest BCUT2D eigenvalue weighted by molar-refractivity contribution is 0.145. The molecule has 2 atom stereocenters. The molecule has 0 aliphatic carbocycles. The Hall–Kier alpha value is -1.16. The van der Waals surface area contributed by atoms with E-state index in [1.165, 1.54) is 0 Å². The van der Waals surface area contributed by atoms with E-state index in [4.69, 9.17) is 5.73 Å². The van der Waals surface area contributed by atoms with E-state index in [0.29, 0.717) is 6.42 Å². The van der Waals surface area contributed by atoms with Crippen LogP contribution in [0.3, 0.4) is 0 Å². The highest BCUT2D eigenvalue weighted by Crippen LogP contribution is 2.20. The minimum atomic E-state index is -0.582. The highest BCUT2D eigenvalue weighted by Gasteiger charge is 2.17. The molecule has 0 aliphatic heterocycles. The first-order valence-electron chi connectivity index (χ1n) is 5.90. The molecule has 2 aromatic carbocycles. The van der Waals surface area contributed by atoms with Crippen molar-refractivity contribution in [3.63, 3.8) is 0 Å². The van der Waals surface area contributed by atoms with Crippen LogP contribution in [0.5, 0.6) is 0 Å². The van der Waals surface area contributed by atoms with Gasteiger partial charge in [-0.05, 0) is 23.3 Å².